The van der Waals surface area contributed by atoms with Crippen LogP contribution in [0.1, 0.15) is 54.4 Å². The smallest absolute Gasteiger partial charge is 0.465 e. The first-order chi connectivity index (χ1) is 14.4. The zero-order valence-electron chi connectivity index (χ0n) is 19.7. The summed E-state index contributed by atoms with van der Waals surface area (Å²) in [4.78, 5) is 13.1. The number of hydrogen-bond acceptors (Lipinski definition) is 7. The topological polar surface area (TPSA) is 95.9 Å². The van der Waals surface area contributed by atoms with Gasteiger partial charge in [-0.05, 0) is 54.4 Å². The van der Waals surface area contributed by atoms with Crippen molar-refractivity contribution >= 4 is 23.7 Å². The van der Waals surface area contributed by atoms with Gasteiger partial charge in [-0.3, -0.25) is 0 Å². The monoisotopic (exact) mass is 469 g/mol. The van der Waals surface area contributed by atoms with Crippen molar-refractivity contribution in [3.05, 3.63) is 0 Å². The van der Waals surface area contributed by atoms with Gasteiger partial charge in [-0.15, -0.1) is 0 Å². The van der Waals surface area contributed by atoms with E-state index in [0.717, 1.165) is 0 Å². The van der Waals surface area contributed by atoms with Crippen LogP contribution in [0.2, 0.25) is 12.1 Å². The fraction of sp³-hybridized carbons (Fsp3) is 0.947. The Kier molecular flexibility index (Phi) is 16.8. The van der Waals surface area contributed by atoms with Crippen LogP contribution in [0.25, 0.3) is 0 Å². The molecule has 0 aromatic rings. The zero-order valence-corrected chi connectivity index (χ0v) is 21.7. The number of carbonyl (C=O) groups is 1. The Hall–Kier alpha value is -0.536. The molecule has 0 fully saturated rings. The molecule has 0 unspecified atom stereocenters. The van der Waals surface area contributed by atoms with Crippen molar-refractivity contribution in [3.8, 4) is 0 Å². The fourth-order valence-corrected chi connectivity index (χ4v) is 8.47. The van der Waals surface area contributed by atoms with Crippen LogP contribution in [0.4, 0.5) is 4.79 Å². The van der Waals surface area contributed by atoms with E-state index in [1.807, 2.05) is 41.5 Å². The number of hydrogen-bond donors (Lipinski definition) is 1. The van der Waals surface area contributed by atoms with Gasteiger partial charge in [0.25, 0.3) is 0 Å². The minimum atomic E-state index is -2.76. The molecule has 11 heteroatoms. The Balaban J connectivity index is 4.84. The zero-order chi connectivity index (χ0) is 22.9. The molecule has 0 radical (unpaired) electrons. The highest BCUT2D eigenvalue weighted by molar-refractivity contribution is 6.61. The van der Waals surface area contributed by atoms with Crippen molar-refractivity contribution < 1.29 is 36.5 Å². The normalized spacial score (nSPS) is 12.3. The van der Waals surface area contributed by atoms with Crippen molar-refractivity contribution in [2.75, 3.05) is 52.7 Å². The van der Waals surface area contributed by atoms with E-state index in [2.05, 4.69) is 0 Å². The number of rotatable bonds is 20. The van der Waals surface area contributed by atoms with E-state index in [4.69, 9.17) is 26.6 Å². The summed E-state index contributed by atoms with van der Waals surface area (Å²) < 4.78 is 35.1. The van der Waals surface area contributed by atoms with E-state index in [0.29, 0.717) is 77.7 Å². The average molecular weight is 470 g/mol. The standard InChI is InChI=1S/C19H43NO8Si2/c1-7-23-29(24-8-2,25-9-3)17-13-15-20(19(21)22)16-14-18-30(26-10-4,27-11-5)28-12-6/h7-18H2,1-6H3,(H,21,22). The number of amides is 1. The van der Waals surface area contributed by atoms with Gasteiger partial charge in [-0.2, -0.15) is 0 Å². The van der Waals surface area contributed by atoms with Crippen LogP contribution in [0.5, 0.6) is 0 Å². The van der Waals surface area contributed by atoms with Gasteiger partial charge in [0.1, 0.15) is 0 Å². The molecule has 0 saturated heterocycles. The predicted octanol–water partition coefficient (Wildman–Crippen LogP) is 3.84. The quantitative estimate of drug-likeness (QED) is 0.269. The van der Waals surface area contributed by atoms with Crippen LogP contribution in [-0.2, 0) is 26.6 Å². The summed E-state index contributed by atoms with van der Waals surface area (Å²) in [6, 6.07) is 1.17. The maximum absolute atomic E-state index is 11.7. The minimum Gasteiger partial charge on any atom is -0.465 e. The van der Waals surface area contributed by atoms with Crippen molar-refractivity contribution in [3.63, 3.8) is 0 Å². The molecule has 180 valence electrons. The summed E-state index contributed by atoms with van der Waals surface area (Å²) >= 11 is 0. The molecule has 0 aliphatic rings. The van der Waals surface area contributed by atoms with Gasteiger partial charge in [0, 0.05) is 64.8 Å². The molecule has 30 heavy (non-hydrogen) atoms. The van der Waals surface area contributed by atoms with Crippen LogP contribution in [-0.4, -0.2) is 86.4 Å². The Morgan fingerprint density at radius 2 is 0.900 bits per heavy atom. The summed E-state index contributed by atoms with van der Waals surface area (Å²) in [5.41, 5.74) is 0. The molecule has 0 aromatic heterocycles. The lowest BCUT2D eigenvalue weighted by Crippen LogP contribution is -2.47. The second-order valence-electron chi connectivity index (χ2n) is 6.44. The van der Waals surface area contributed by atoms with Crippen LogP contribution < -0.4 is 0 Å². The third-order valence-corrected chi connectivity index (χ3v) is 10.6. The lowest BCUT2D eigenvalue weighted by atomic mass is 10.4. The van der Waals surface area contributed by atoms with Gasteiger partial charge in [-0.1, -0.05) is 0 Å². The van der Waals surface area contributed by atoms with E-state index in [1.165, 1.54) is 4.90 Å². The maximum Gasteiger partial charge on any atom is 0.500 e. The highest BCUT2D eigenvalue weighted by Gasteiger charge is 2.41. The molecule has 0 rings (SSSR count). The summed E-state index contributed by atoms with van der Waals surface area (Å²) in [5, 5.41) is 9.61. The second-order valence-corrected chi connectivity index (χ2v) is 11.9. The summed E-state index contributed by atoms with van der Waals surface area (Å²) in [5.74, 6) is 0. The van der Waals surface area contributed by atoms with E-state index in [-0.39, 0.29) is 0 Å². The first kappa shape index (κ1) is 29.5. The average Bonchev–Trinajstić information content (AvgIpc) is 2.68. The van der Waals surface area contributed by atoms with Crippen molar-refractivity contribution in [2.45, 2.75) is 66.5 Å². The molecule has 0 bridgehead atoms. The van der Waals surface area contributed by atoms with Crippen LogP contribution >= 0.6 is 0 Å². The van der Waals surface area contributed by atoms with Gasteiger partial charge < -0.3 is 36.6 Å². The SMILES string of the molecule is CCO[Si](CCCN(CCC[Si](OCC)(OCC)OCC)C(=O)O)(OCC)OCC. The predicted molar refractivity (Wildman–Crippen MR) is 120 cm³/mol. The highest BCUT2D eigenvalue weighted by Crippen LogP contribution is 2.20. The van der Waals surface area contributed by atoms with Gasteiger partial charge in [0.15, 0.2) is 0 Å². The molecule has 0 aliphatic heterocycles. The van der Waals surface area contributed by atoms with Gasteiger partial charge >= 0.3 is 23.7 Å². The fourth-order valence-electron chi connectivity index (χ4n) is 3.28. The lowest BCUT2D eigenvalue weighted by molar-refractivity contribution is 0.0687. The first-order valence-electron chi connectivity index (χ1n) is 11.2. The molecule has 1 N–H and O–H groups in total. The highest BCUT2D eigenvalue weighted by atomic mass is 28.4. The summed E-state index contributed by atoms with van der Waals surface area (Å²) in [7, 11) is -5.53. The summed E-state index contributed by atoms with van der Waals surface area (Å²) in [6.07, 6.45) is 0.287. The Bertz CT molecular complexity index is 379. The Morgan fingerprint density at radius 1 is 0.633 bits per heavy atom. The van der Waals surface area contributed by atoms with E-state index in [9.17, 15) is 9.90 Å². The third-order valence-electron chi connectivity index (χ3n) is 4.28. The molecule has 0 atom stereocenters. The third kappa shape index (κ3) is 11.2. The van der Waals surface area contributed by atoms with Crippen molar-refractivity contribution in [2.24, 2.45) is 0 Å². The van der Waals surface area contributed by atoms with Gasteiger partial charge in [0.05, 0.1) is 0 Å². The van der Waals surface area contributed by atoms with Crippen LogP contribution in [0, 0.1) is 0 Å². The second kappa shape index (κ2) is 17.1. The molecule has 9 nitrogen and oxygen atoms in total. The molecular formula is C19H43NO8Si2. The first-order valence-corrected chi connectivity index (χ1v) is 15.1. The molecule has 1 amide bonds. The van der Waals surface area contributed by atoms with Crippen molar-refractivity contribution in [1.82, 2.24) is 4.90 Å². The Morgan fingerprint density at radius 3 is 1.10 bits per heavy atom. The molecule has 0 spiro atoms. The van der Waals surface area contributed by atoms with Gasteiger partial charge in [0.2, 0.25) is 0 Å². The van der Waals surface area contributed by atoms with Crippen molar-refractivity contribution in [1.29, 1.82) is 0 Å². The number of carboxylic acid groups (broad SMARTS) is 1. The van der Waals surface area contributed by atoms with Crippen LogP contribution in [0.15, 0.2) is 0 Å². The van der Waals surface area contributed by atoms with Gasteiger partial charge in [-0.25, -0.2) is 4.79 Å². The summed E-state index contributed by atoms with van der Waals surface area (Å²) in [6.45, 7) is 15.3. The van der Waals surface area contributed by atoms with E-state index in [1.54, 1.807) is 0 Å². The van der Waals surface area contributed by atoms with E-state index >= 15 is 0 Å². The largest absolute Gasteiger partial charge is 0.500 e. The number of nitrogens with zero attached hydrogens (tertiary/aromatic N) is 1. The molecule has 0 heterocycles. The molecule has 0 saturated carbocycles. The maximum atomic E-state index is 11.7. The van der Waals surface area contributed by atoms with E-state index < -0.39 is 23.7 Å². The van der Waals surface area contributed by atoms with Crippen LogP contribution in [0.3, 0.4) is 0 Å². The Labute approximate surface area is 184 Å². The molecule has 0 aliphatic carbocycles. The molecular weight excluding hydrogens is 426 g/mol. The minimum absolute atomic E-state index is 0.393. The molecule has 0 aromatic carbocycles. The lowest BCUT2D eigenvalue weighted by Gasteiger charge is -2.30.